The van der Waals surface area contributed by atoms with Gasteiger partial charge in [0.1, 0.15) is 0 Å². The molecule has 2 N–H and O–H groups in total. The number of carboxylic acid groups (broad SMARTS) is 1. The highest BCUT2D eigenvalue weighted by atomic mass is 16.4. The maximum Gasteiger partial charge on any atom is 0.335 e. The molecule has 0 spiro atoms. The first-order valence-corrected chi connectivity index (χ1v) is 3.75. The summed E-state index contributed by atoms with van der Waals surface area (Å²) in [5, 5.41) is 11.4. The fourth-order valence-corrected chi connectivity index (χ4v) is 0.831. The Labute approximate surface area is 76.4 Å². The summed E-state index contributed by atoms with van der Waals surface area (Å²) in [4.78, 5) is 10.5. The SMILES string of the molecule is CC#CNc1ccc(C(=O)O)cc1. The number of carboxylic acids is 1. The van der Waals surface area contributed by atoms with Crippen LogP contribution in [0.1, 0.15) is 17.3 Å². The van der Waals surface area contributed by atoms with E-state index in [9.17, 15) is 4.79 Å². The van der Waals surface area contributed by atoms with Gasteiger partial charge in [-0.2, -0.15) is 0 Å². The van der Waals surface area contributed by atoms with Crippen LogP contribution in [0.2, 0.25) is 0 Å². The smallest absolute Gasteiger partial charge is 0.335 e. The summed E-state index contributed by atoms with van der Waals surface area (Å²) < 4.78 is 0. The minimum Gasteiger partial charge on any atom is -0.478 e. The zero-order valence-corrected chi connectivity index (χ0v) is 7.16. The van der Waals surface area contributed by atoms with Crippen LogP contribution in [0, 0.1) is 12.0 Å². The van der Waals surface area contributed by atoms with E-state index in [0.29, 0.717) is 0 Å². The number of benzene rings is 1. The van der Waals surface area contributed by atoms with Gasteiger partial charge >= 0.3 is 5.97 Å². The Morgan fingerprint density at radius 3 is 2.46 bits per heavy atom. The summed E-state index contributed by atoms with van der Waals surface area (Å²) in [5.74, 6) is 1.75. The minimum absolute atomic E-state index is 0.273. The van der Waals surface area contributed by atoms with Gasteiger partial charge in [-0.15, -0.1) is 0 Å². The molecule has 0 fully saturated rings. The highest BCUT2D eigenvalue weighted by Gasteiger charge is 1.99. The van der Waals surface area contributed by atoms with E-state index >= 15 is 0 Å². The average molecular weight is 175 g/mol. The molecule has 0 bridgehead atoms. The zero-order valence-electron chi connectivity index (χ0n) is 7.16. The van der Waals surface area contributed by atoms with Gasteiger partial charge in [-0.25, -0.2) is 4.79 Å². The van der Waals surface area contributed by atoms with Crippen LogP contribution in [0.25, 0.3) is 0 Å². The zero-order chi connectivity index (χ0) is 9.68. The van der Waals surface area contributed by atoms with Crippen LogP contribution in [0.15, 0.2) is 24.3 Å². The van der Waals surface area contributed by atoms with Crippen LogP contribution in [-0.4, -0.2) is 11.1 Å². The number of anilines is 1. The second-order valence-electron chi connectivity index (χ2n) is 2.38. The van der Waals surface area contributed by atoms with E-state index in [2.05, 4.69) is 17.3 Å². The molecule has 66 valence electrons. The van der Waals surface area contributed by atoms with Crippen molar-refractivity contribution < 1.29 is 9.90 Å². The van der Waals surface area contributed by atoms with Crippen molar-refractivity contribution >= 4 is 11.7 Å². The van der Waals surface area contributed by atoms with Gasteiger partial charge in [0, 0.05) is 11.7 Å². The number of hydrogen-bond donors (Lipinski definition) is 2. The number of aromatic carboxylic acids is 1. The topological polar surface area (TPSA) is 49.3 Å². The lowest BCUT2D eigenvalue weighted by Crippen LogP contribution is -1.96. The van der Waals surface area contributed by atoms with Gasteiger partial charge in [-0.05, 0) is 31.2 Å². The monoisotopic (exact) mass is 175 g/mol. The molecule has 0 aliphatic heterocycles. The minimum atomic E-state index is -0.923. The van der Waals surface area contributed by atoms with Crippen molar-refractivity contribution in [3.63, 3.8) is 0 Å². The molecule has 0 amide bonds. The summed E-state index contributed by atoms with van der Waals surface area (Å²) in [6.45, 7) is 1.72. The molecule has 1 rings (SSSR count). The normalized spacial score (nSPS) is 8.38. The van der Waals surface area contributed by atoms with Crippen LogP contribution < -0.4 is 5.32 Å². The number of carbonyl (C=O) groups is 1. The quantitative estimate of drug-likeness (QED) is 0.532. The van der Waals surface area contributed by atoms with Gasteiger partial charge in [0.15, 0.2) is 0 Å². The standard InChI is InChI=1S/C10H9NO2/c1-2-7-11-9-5-3-8(4-6-9)10(12)13/h3-6,11H,1H3,(H,12,13). The third-order valence-electron chi connectivity index (χ3n) is 1.46. The summed E-state index contributed by atoms with van der Waals surface area (Å²) in [6.07, 6.45) is 0. The molecule has 0 aliphatic rings. The predicted molar refractivity (Wildman–Crippen MR) is 50.5 cm³/mol. The second kappa shape index (κ2) is 4.17. The Bertz CT molecular complexity index is 357. The molecular formula is C10H9NO2. The molecule has 3 heteroatoms. The summed E-state index contributed by atoms with van der Waals surface area (Å²) in [6, 6.07) is 9.07. The maximum absolute atomic E-state index is 10.5. The van der Waals surface area contributed by atoms with Crippen molar-refractivity contribution in [1.82, 2.24) is 0 Å². The van der Waals surface area contributed by atoms with Gasteiger partial charge in [-0.1, -0.05) is 5.92 Å². The molecule has 0 unspecified atom stereocenters. The predicted octanol–water partition coefficient (Wildman–Crippen LogP) is 1.78. The van der Waals surface area contributed by atoms with E-state index in [1.54, 1.807) is 19.1 Å². The Balaban J connectivity index is 2.79. The summed E-state index contributed by atoms with van der Waals surface area (Å²) >= 11 is 0. The lowest BCUT2D eigenvalue weighted by atomic mass is 10.2. The molecular weight excluding hydrogens is 166 g/mol. The van der Waals surface area contributed by atoms with E-state index in [0.717, 1.165) is 5.69 Å². The number of hydrogen-bond acceptors (Lipinski definition) is 2. The highest BCUT2D eigenvalue weighted by Crippen LogP contribution is 2.08. The highest BCUT2D eigenvalue weighted by molar-refractivity contribution is 5.88. The molecule has 13 heavy (non-hydrogen) atoms. The molecule has 1 aromatic carbocycles. The van der Waals surface area contributed by atoms with Crippen molar-refractivity contribution in [3.8, 4) is 12.0 Å². The van der Waals surface area contributed by atoms with Gasteiger partial charge in [0.25, 0.3) is 0 Å². The summed E-state index contributed by atoms with van der Waals surface area (Å²) in [7, 11) is 0. The van der Waals surface area contributed by atoms with E-state index in [4.69, 9.17) is 5.11 Å². The fourth-order valence-electron chi connectivity index (χ4n) is 0.831. The second-order valence-corrected chi connectivity index (χ2v) is 2.38. The van der Waals surface area contributed by atoms with Crippen molar-refractivity contribution in [2.45, 2.75) is 6.92 Å². The number of rotatable bonds is 2. The van der Waals surface area contributed by atoms with Crippen molar-refractivity contribution in [3.05, 3.63) is 29.8 Å². The Kier molecular flexibility index (Phi) is 2.93. The largest absolute Gasteiger partial charge is 0.478 e. The molecule has 3 nitrogen and oxygen atoms in total. The first kappa shape index (κ1) is 9.14. The van der Waals surface area contributed by atoms with Crippen molar-refractivity contribution in [2.24, 2.45) is 0 Å². The Morgan fingerprint density at radius 2 is 2.00 bits per heavy atom. The molecule has 1 aromatic rings. The maximum atomic E-state index is 10.5. The molecule has 0 saturated heterocycles. The molecule has 0 radical (unpaired) electrons. The Hall–Kier alpha value is -1.95. The van der Waals surface area contributed by atoms with Gasteiger partial charge < -0.3 is 10.4 Å². The molecule has 0 aliphatic carbocycles. The molecule has 0 atom stereocenters. The van der Waals surface area contributed by atoms with Crippen LogP contribution in [0.3, 0.4) is 0 Å². The van der Waals surface area contributed by atoms with E-state index in [1.807, 2.05) is 0 Å². The van der Waals surface area contributed by atoms with Crippen molar-refractivity contribution in [1.29, 1.82) is 0 Å². The van der Waals surface area contributed by atoms with Gasteiger partial charge in [-0.3, -0.25) is 0 Å². The number of nitrogens with one attached hydrogen (secondary N) is 1. The average Bonchev–Trinajstić information content (AvgIpc) is 2.15. The van der Waals surface area contributed by atoms with E-state index in [1.165, 1.54) is 12.1 Å². The Morgan fingerprint density at radius 1 is 1.38 bits per heavy atom. The lowest BCUT2D eigenvalue weighted by Gasteiger charge is -1.98. The van der Waals surface area contributed by atoms with Crippen LogP contribution >= 0.6 is 0 Å². The molecule has 0 saturated carbocycles. The van der Waals surface area contributed by atoms with Crippen molar-refractivity contribution in [2.75, 3.05) is 5.32 Å². The third-order valence-corrected chi connectivity index (χ3v) is 1.46. The molecule has 0 aromatic heterocycles. The third kappa shape index (κ3) is 2.53. The fraction of sp³-hybridized carbons (Fsp3) is 0.100. The van der Waals surface area contributed by atoms with Gasteiger partial charge in [0.2, 0.25) is 0 Å². The van der Waals surface area contributed by atoms with Crippen LogP contribution in [0.4, 0.5) is 5.69 Å². The van der Waals surface area contributed by atoms with Gasteiger partial charge in [0.05, 0.1) is 5.56 Å². The van der Waals surface area contributed by atoms with Crippen LogP contribution in [-0.2, 0) is 0 Å². The lowest BCUT2D eigenvalue weighted by molar-refractivity contribution is 0.0697. The van der Waals surface area contributed by atoms with E-state index < -0.39 is 5.97 Å². The summed E-state index contributed by atoms with van der Waals surface area (Å²) in [5.41, 5.74) is 1.06. The molecule has 0 heterocycles. The first-order valence-electron chi connectivity index (χ1n) is 3.75. The first-order chi connectivity index (χ1) is 6.24. The van der Waals surface area contributed by atoms with Crippen LogP contribution in [0.5, 0.6) is 0 Å². The van der Waals surface area contributed by atoms with E-state index in [-0.39, 0.29) is 5.56 Å².